The van der Waals surface area contributed by atoms with Crippen LogP contribution in [0.1, 0.15) is 26.2 Å². The summed E-state index contributed by atoms with van der Waals surface area (Å²) in [4.78, 5) is 28.1. The number of hydrogen-bond acceptors (Lipinski definition) is 2. The first-order valence-corrected chi connectivity index (χ1v) is 8.62. The summed E-state index contributed by atoms with van der Waals surface area (Å²) in [7, 11) is 0. The molecule has 3 rings (SSSR count). The Bertz CT molecular complexity index is 593. The van der Waals surface area contributed by atoms with Gasteiger partial charge in [-0.15, -0.1) is 0 Å². The summed E-state index contributed by atoms with van der Waals surface area (Å²) in [6, 6.07) is 5.49. The Hall–Kier alpha value is -2.11. The molecular formula is C18H24FN3O2. The number of hydrogen-bond donors (Lipinski definition) is 1. The van der Waals surface area contributed by atoms with Gasteiger partial charge in [0, 0.05) is 38.3 Å². The Labute approximate surface area is 141 Å². The second-order valence-electron chi connectivity index (χ2n) is 6.82. The minimum absolute atomic E-state index is 0.202. The maximum absolute atomic E-state index is 12.9. The van der Waals surface area contributed by atoms with Crippen LogP contribution in [-0.4, -0.2) is 47.9 Å². The number of nitrogens with zero attached hydrogens (tertiary/aromatic N) is 2. The van der Waals surface area contributed by atoms with Crippen LogP contribution in [-0.2, 0) is 4.79 Å². The van der Waals surface area contributed by atoms with E-state index in [-0.39, 0.29) is 17.8 Å². The standard InChI is InChI=1S/C18H24FN3O2/c1-13(14-2-3-14)12-17(23)21-8-10-22(11-9-21)18(24)20-16-6-4-15(19)5-7-16/h4-7,13-14H,2-3,8-12H2,1H3,(H,20,24)/t13-/m0/s1. The number of benzene rings is 1. The van der Waals surface area contributed by atoms with Crippen molar-refractivity contribution in [2.24, 2.45) is 11.8 Å². The molecule has 0 bridgehead atoms. The van der Waals surface area contributed by atoms with Gasteiger partial charge in [0.2, 0.25) is 5.91 Å². The van der Waals surface area contributed by atoms with Gasteiger partial charge in [0.05, 0.1) is 0 Å². The zero-order valence-electron chi connectivity index (χ0n) is 14.0. The number of anilines is 1. The Morgan fingerprint density at radius 3 is 2.29 bits per heavy atom. The van der Waals surface area contributed by atoms with E-state index in [1.54, 1.807) is 4.90 Å². The molecule has 1 aliphatic heterocycles. The second kappa shape index (κ2) is 7.20. The average Bonchev–Trinajstić information content (AvgIpc) is 3.42. The highest BCUT2D eigenvalue weighted by molar-refractivity contribution is 5.89. The third-order valence-electron chi connectivity index (χ3n) is 4.94. The summed E-state index contributed by atoms with van der Waals surface area (Å²) in [6.45, 7) is 4.36. The molecule has 1 N–H and O–H groups in total. The zero-order chi connectivity index (χ0) is 17.1. The highest BCUT2D eigenvalue weighted by Gasteiger charge is 2.31. The lowest BCUT2D eigenvalue weighted by atomic mass is 10.0. The van der Waals surface area contributed by atoms with Crippen molar-refractivity contribution in [2.75, 3.05) is 31.5 Å². The molecule has 2 fully saturated rings. The molecule has 1 aromatic carbocycles. The molecule has 0 radical (unpaired) electrons. The predicted octanol–water partition coefficient (Wildman–Crippen LogP) is 2.94. The van der Waals surface area contributed by atoms with Crippen molar-refractivity contribution in [1.29, 1.82) is 0 Å². The first-order chi connectivity index (χ1) is 11.5. The highest BCUT2D eigenvalue weighted by Crippen LogP contribution is 2.38. The maximum atomic E-state index is 12.9. The van der Waals surface area contributed by atoms with Gasteiger partial charge in [-0.25, -0.2) is 9.18 Å². The van der Waals surface area contributed by atoms with Crippen molar-refractivity contribution in [2.45, 2.75) is 26.2 Å². The quantitative estimate of drug-likeness (QED) is 0.921. The lowest BCUT2D eigenvalue weighted by molar-refractivity contribution is -0.133. The highest BCUT2D eigenvalue weighted by atomic mass is 19.1. The Morgan fingerprint density at radius 1 is 1.12 bits per heavy atom. The fourth-order valence-electron chi connectivity index (χ4n) is 3.13. The van der Waals surface area contributed by atoms with Crippen LogP contribution < -0.4 is 5.32 Å². The number of carbonyl (C=O) groups excluding carboxylic acids is 2. The smallest absolute Gasteiger partial charge is 0.321 e. The maximum Gasteiger partial charge on any atom is 0.321 e. The van der Waals surface area contributed by atoms with E-state index in [9.17, 15) is 14.0 Å². The van der Waals surface area contributed by atoms with Gasteiger partial charge in [-0.1, -0.05) is 6.92 Å². The molecule has 0 aromatic heterocycles. The van der Waals surface area contributed by atoms with E-state index >= 15 is 0 Å². The minimum Gasteiger partial charge on any atom is -0.339 e. The van der Waals surface area contributed by atoms with Crippen LogP contribution in [0.2, 0.25) is 0 Å². The summed E-state index contributed by atoms with van der Waals surface area (Å²) in [6.07, 6.45) is 3.13. The van der Waals surface area contributed by atoms with Gasteiger partial charge >= 0.3 is 6.03 Å². The third kappa shape index (κ3) is 4.24. The molecule has 0 spiro atoms. The third-order valence-corrected chi connectivity index (χ3v) is 4.94. The second-order valence-corrected chi connectivity index (χ2v) is 6.82. The van der Waals surface area contributed by atoms with Gasteiger partial charge in [-0.2, -0.15) is 0 Å². The lowest BCUT2D eigenvalue weighted by Gasteiger charge is -2.35. The lowest BCUT2D eigenvalue weighted by Crippen LogP contribution is -2.51. The van der Waals surface area contributed by atoms with Gasteiger partial charge in [0.1, 0.15) is 5.82 Å². The number of carbonyl (C=O) groups is 2. The van der Waals surface area contributed by atoms with Gasteiger partial charge in [-0.3, -0.25) is 4.79 Å². The molecule has 5 nitrogen and oxygen atoms in total. The first kappa shape index (κ1) is 16.7. The van der Waals surface area contributed by atoms with Crippen LogP contribution in [0, 0.1) is 17.7 Å². The molecule has 1 saturated carbocycles. The average molecular weight is 333 g/mol. The van der Waals surface area contributed by atoms with E-state index < -0.39 is 0 Å². The fraction of sp³-hybridized carbons (Fsp3) is 0.556. The Balaban J connectivity index is 1.44. The van der Waals surface area contributed by atoms with E-state index in [0.29, 0.717) is 44.2 Å². The number of nitrogens with one attached hydrogen (secondary N) is 1. The van der Waals surface area contributed by atoms with Crippen molar-refractivity contribution >= 4 is 17.6 Å². The van der Waals surface area contributed by atoms with Crippen LogP contribution in [0.3, 0.4) is 0 Å². The number of rotatable bonds is 4. The minimum atomic E-state index is -0.333. The van der Waals surface area contributed by atoms with Crippen molar-refractivity contribution in [3.05, 3.63) is 30.1 Å². The van der Waals surface area contributed by atoms with Crippen molar-refractivity contribution in [3.8, 4) is 0 Å². The normalized spacial score (nSPS) is 19.1. The Kier molecular flexibility index (Phi) is 5.02. The van der Waals surface area contributed by atoms with Crippen LogP contribution in [0.4, 0.5) is 14.9 Å². The van der Waals surface area contributed by atoms with Crippen LogP contribution in [0.5, 0.6) is 0 Å². The van der Waals surface area contributed by atoms with E-state index in [0.717, 1.165) is 5.92 Å². The molecule has 1 atom stereocenters. The van der Waals surface area contributed by atoms with Gasteiger partial charge in [0.25, 0.3) is 0 Å². The molecule has 3 amide bonds. The molecule has 24 heavy (non-hydrogen) atoms. The van der Waals surface area contributed by atoms with Crippen LogP contribution in [0.25, 0.3) is 0 Å². The number of urea groups is 1. The fourth-order valence-corrected chi connectivity index (χ4v) is 3.13. The molecular weight excluding hydrogens is 309 g/mol. The monoisotopic (exact) mass is 333 g/mol. The molecule has 2 aliphatic rings. The van der Waals surface area contributed by atoms with E-state index in [4.69, 9.17) is 0 Å². The van der Waals surface area contributed by atoms with Gasteiger partial charge in [0.15, 0.2) is 0 Å². The van der Waals surface area contributed by atoms with E-state index in [1.807, 2.05) is 4.90 Å². The SMILES string of the molecule is C[C@@H](CC(=O)N1CCN(C(=O)Nc2ccc(F)cc2)CC1)C1CC1. The summed E-state index contributed by atoms with van der Waals surface area (Å²) < 4.78 is 12.9. The molecule has 1 aromatic rings. The zero-order valence-corrected chi connectivity index (χ0v) is 14.0. The molecule has 1 saturated heterocycles. The number of halogens is 1. The molecule has 130 valence electrons. The van der Waals surface area contributed by atoms with Crippen molar-refractivity contribution in [1.82, 2.24) is 9.80 Å². The van der Waals surface area contributed by atoms with Crippen molar-refractivity contribution in [3.63, 3.8) is 0 Å². The van der Waals surface area contributed by atoms with Crippen LogP contribution in [0.15, 0.2) is 24.3 Å². The summed E-state index contributed by atoms with van der Waals surface area (Å²) in [5.74, 6) is 1.07. The molecule has 1 aliphatic carbocycles. The van der Waals surface area contributed by atoms with Gasteiger partial charge < -0.3 is 15.1 Å². The van der Waals surface area contributed by atoms with E-state index in [1.165, 1.54) is 37.1 Å². The molecule has 6 heteroatoms. The first-order valence-electron chi connectivity index (χ1n) is 8.62. The van der Waals surface area contributed by atoms with E-state index in [2.05, 4.69) is 12.2 Å². The molecule has 0 unspecified atom stereocenters. The predicted molar refractivity (Wildman–Crippen MR) is 90.1 cm³/mol. The number of piperazine rings is 1. The summed E-state index contributed by atoms with van der Waals surface area (Å²) >= 11 is 0. The largest absolute Gasteiger partial charge is 0.339 e. The molecule has 1 heterocycles. The topological polar surface area (TPSA) is 52.7 Å². The Morgan fingerprint density at radius 2 is 1.71 bits per heavy atom. The summed E-state index contributed by atoms with van der Waals surface area (Å²) in [5.41, 5.74) is 0.568. The van der Waals surface area contributed by atoms with Crippen LogP contribution >= 0.6 is 0 Å². The summed E-state index contributed by atoms with van der Waals surface area (Å²) in [5, 5.41) is 2.76. The van der Waals surface area contributed by atoms with Gasteiger partial charge in [-0.05, 0) is 48.9 Å². The number of amides is 3. The van der Waals surface area contributed by atoms with Crippen molar-refractivity contribution < 1.29 is 14.0 Å².